The molecule has 0 aromatic heterocycles. The van der Waals surface area contributed by atoms with Gasteiger partial charge in [-0.15, -0.1) is 0 Å². The largest absolute Gasteiger partial charge is 0.345 e. The summed E-state index contributed by atoms with van der Waals surface area (Å²) in [5.41, 5.74) is 2.30. The van der Waals surface area contributed by atoms with E-state index in [-0.39, 0.29) is 5.91 Å². The van der Waals surface area contributed by atoms with Gasteiger partial charge in [-0.2, -0.15) is 0 Å². The molecule has 1 amide bonds. The van der Waals surface area contributed by atoms with E-state index in [0.717, 1.165) is 12.1 Å². The van der Waals surface area contributed by atoms with E-state index in [1.165, 1.54) is 5.56 Å². The zero-order chi connectivity index (χ0) is 12.8. The topological polar surface area (TPSA) is 23.6 Å². The Labute approximate surface area is 103 Å². The molecule has 1 aromatic rings. The lowest BCUT2D eigenvalue weighted by Crippen LogP contribution is -2.18. The standard InChI is InChI=1S/C14H20N2O/c1-15(2)11-13-7-5-6-12(10-13)8-9-14(17)16(3)4/h5-10H,11H2,1-4H3. The van der Waals surface area contributed by atoms with Gasteiger partial charge in [0.15, 0.2) is 0 Å². The third kappa shape index (κ3) is 4.83. The molecule has 0 bridgehead atoms. The van der Waals surface area contributed by atoms with Crippen molar-refractivity contribution in [3.8, 4) is 0 Å². The van der Waals surface area contributed by atoms with Gasteiger partial charge < -0.3 is 9.80 Å². The third-order valence-corrected chi connectivity index (χ3v) is 2.31. The molecule has 0 N–H and O–H groups in total. The van der Waals surface area contributed by atoms with Crippen LogP contribution in [0.5, 0.6) is 0 Å². The maximum atomic E-state index is 11.4. The van der Waals surface area contributed by atoms with Crippen molar-refractivity contribution in [2.24, 2.45) is 0 Å². The summed E-state index contributed by atoms with van der Waals surface area (Å²) in [4.78, 5) is 15.1. The first-order valence-corrected chi connectivity index (χ1v) is 5.62. The van der Waals surface area contributed by atoms with Crippen LogP contribution in [0.25, 0.3) is 6.08 Å². The Bertz CT molecular complexity index is 408. The highest BCUT2D eigenvalue weighted by atomic mass is 16.2. The van der Waals surface area contributed by atoms with Crippen molar-refractivity contribution in [2.45, 2.75) is 6.54 Å². The van der Waals surface area contributed by atoms with E-state index in [9.17, 15) is 4.79 Å². The molecule has 1 aromatic carbocycles. The van der Waals surface area contributed by atoms with Crippen LogP contribution < -0.4 is 0 Å². The van der Waals surface area contributed by atoms with Gasteiger partial charge >= 0.3 is 0 Å². The first-order valence-electron chi connectivity index (χ1n) is 5.62. The van der Waals surface area contributed by atoms with Crippen molar-refractivity contribution in [3.63, 3.8) is 0 Å². The summed E-state index contributed by atoms with van der Waals surface area (Å²) in [6, 6.07) is 8.20. The van der Waals surface area contributed by atoms with E-state index in [2.05, 4.69) is 17.0 Å². The van der Waals surface area contributed by atoms with Crippen LogP contribution >= 0.6 is 0 Å². The molecular weight excluding hydrogens is 212 g/mol. The number of carbonyl (C=O) groups excluding carboxylic acids is 1. The Kier molecular flexibility index (Phi) is 4.91. The molecule has 0 unspecified atom stereocenters. The second kappa shape index (κ2) is 6.21. The summed E-state index contributed by atoms with van der Waals surface area (Å²) < 4.78 is 0. The molecule has 0 spiro atoms. The fourth-order valence-electron chi connectivity index (χ4n) is 1.48. The first-order chi connectivity index (χ1) is 7.99. The van der Waals surface area contributed by atoms with Crippen LogP contribution in [0.4, 0.5) is 0 Å². The summed E-state index contributed by atoms with van der Waals surface area (Å²) in [5.74, 6) is 0.00279. The number of benzene rings is 1. The predicted octanol–water partition coefficient (Wildman–Crippen LogP) is 1.85. The van der Waals surface area contributed by atoms with E-state index in [1.54, 1.807) is 25.1 Å². The van der Waals surface area contributed by atoms with Gasteiger partial charge in [-0.1, -0.05) is 24.3 Å². The zero-order valence-electron chi connectivity index (χ0n) is 11.0. The SMILES string of the molecule is CN(C)Cc1cccc(C=CC(=O)N(C)C)c1. The number of amides is 1. The molecule has 3 heteroatoms. The second-order valence-electron chi connectivity index (χ2n) is 4.55. The maximum Gasteiger partial charge on any atom is 0.246 e. The van der Waals surface area contributed by atoms with E-state index in [0.29, 0.717) is 0 Å². The number of rotatable bonds is 4. The van der Waals surface area contributed by atoms with Gasteiger partial charge in [0, 0.05) is 26.7 Å². The molecule has 0 saturated carbocycles. The minimum atomic E-state index is 0.00279. The summed E-state index contributed by atoms with van der Waals surface area (Å²) >= 11 is 0. The number of hydrogen-bond acceptors (Lipinski definition) is 2. The summed E-state index contributed by atoms with van der Waals surface area (Å²) in [7, 11) is 7.57. The molecule has 17 heavy (non-hydrogen) atoms. The molecule has 0 saturated heterocycles. The third-order valence-electron chi connectivity index (χ3n) is 2.31. The Morgan fingerprint density at radius 1 is 1.24 bits per heavy atom. The average Bonchev–Trinajstić information content (AvgIpc) is 2.25. The molecule has 1 rings (SSSR count). The van der Waals surface area contributed by atoms with E-state index in [4.69, 9.17) is 0 Å². The van der Waals surface area contributed by atoms with Crippen LogP contribution in [0.15, 0.2) is 30.3 Å². The van der Waals surface area contributed by atoms with Crippen LogP contribution in [0, 0.1) is 0 Å². The van der Waals surface area contributed by atoms with Gasteiger partial charge in [-0.3, -0.25) is 4.79 Å². The highest BCUT2D eigenvalue weighted by molar-refractivity contribution is 5.91. The quantitative estimate of drug-likeness (QED) is 0.740. The smallest absolute Gasteiger partial charge is 0.246 e. The lowest BCUT2D eigenvalue weighted by atomic mass is 10.1. The van der Waals surface area contributed by atoms with Crippen LogP contribution in [0.2, 0.25) is 0 Å². The number of hydrogen-bond donors (Lipinski definition) is 0. The van der Waals surface area contributed by atoms with E-state index < -0.39 is 0 Å². The molecule has 3 nitrogen and oxygen atoms in total. The van der Waals surface area contributed by atoms with Crippen molar-refractivity contribution >= 4 is 12.0 Å². The zero-order valence-corrected chi connectivity index (χ0v) is 11.0. The Hall–Kier alpha value is -1.61. The monoisotopic (exact) mass is 232 g/mol. The fourth-order valence-corrected chi connectivity index (χ4v) is 1.48. The molecule has 0 atom stereocenters. The summed E-state index contributed by atoms with van der Waals surface area (Å²) in [5, 5.41) is 0. The van der Waals surface area contributed by atoms with Crippen molar-refractivity contribution in [2.75, 3.05) is 28.2 Å². The predicted molar refractivity (Wildman–Crippen MR) is 71.6 cm³/mol. The molecule has 0 aliphatic heterocycles. The Morgan fingerprint density at radius 2 is 1.94 bits per heavy atom. The minimum absolute atomic E-state index is 0.00279. The van der Waals surface area contributed by atoms with Gasteiger partial charge in [0.05, 0.1) is 0 Å². The summed E-state index contributed by atoms with van der Waals surface area (Å²) in [6.07, 6.45) is 3.44. The lowest BCUT2D eigenvalue weighted by Gasteiger charge is -2.10. The number of likely N-dealkylation sites (N-methyl/N-ethyl adjacent to an activating group) is 1. The number of nitrogens with zero attached hydrogens (tertiary/aromatic N) is 2. The van der Waals surface area contributed by atoms with Crippen LogP contribution in [0.3, 0.4) is 0 Å². The molecule has 0 fully saturated rings. The number of carbonyl (C=O) groups is 1. The van der Waals surface area contributed by atoms with Gasteiger partial charge in [-0.25, -0.2) is 0 Å². The molecule has 0 heterocycles. The van der Waals surface area contributed by atoms with E-state index >= 15 is 0 Å². The molecule has 0 aliphatic rings. The van der Waals surface area contributed by atoms with Gasteiger partial charge in [-0.05, 0) is 31.3 Å². The van der Waals surface area contributed by atoms with Gasteiger partial charge in [0.1, 0.15) is 0 Å². The van der Waals surface area contributed by atoms with Crippen molar-refractivity contribution in [1.29, 1.82) is 0 Å². The average molecular weight is 232 g/mol. The van der Waals surface area contributed by atoms with Crippen LogP contribution in [-0.4, -0.2) is 43.9 Å². The molecular formula is C14H20N2O. The highest BCUT2D eigenvalue weighted by Gasteiger charge is 1.98. The summed E-state index contributed by atoms with van der Waals surface area (Å²) in [6.45, 7) is 0.906. The normalized spacial score (nSPS) is 11.1. The highest BCUT2D eigenvalue weighted by Crippen LogP contribution is 2.08. The lowest BCUT2D eigenvalue weighted by molar-refractivity contribution is -0.123. The van der Waals surface area contributed by atoms with Gasteiger partial charge in [0.2, 0.25) is 5.91 Å². The fraction of sp³-hybridized carbons (Fsp3) is 0.357. The van der Waals surface area contributed by atoms with E-state index in [1.807, 2.05) is 32.3 Å². The Balaban J connectivity index is 2.75. The van der Waals surface area contributed by atoms with Crippen LogP contribution in [0.1, 0.15) is 11.1 Å². The van der Waals surface area contributed by atoms with Crippen molar-refractivity contribution in [1.82, 2.24) is 9.80 Å². The van der Waals surface area contributed by atoms with Crippen molar-refractivity contribution < 1.29 is 4.79 Å². The minimum Gasteiger partial charge on any atom is -0.345 e. The molecule has 0 aliphatic carbocycles. The molecule has 92 valence electrons. The molecule has 0 radical (unpaired) electrons. The van der Waals surface area contributed by atoms with Crippen molar-refractivity contribution in [3.05, 3.63) is 41.5 Å². The first kappa shape index (κ1) is 13.5. The van der Waals surface area contributed by atoms with Crippen LogP contribution in [-0.2, 0) is 11.3 Å². The Morgan fingerprint density at radius 3 is 2.53 bits per heavy atom. The van der Waals surface area contributed by atoms with Gasteiger partial charge in [0.25, 0.3) is 0 Å². The maximum absolute atomic E-state index is 11.4. The second-order valence-corrected chi connectivity index (χ2v) is 4.55.